The molecular formula is C16H26O2. The summed E-state index contributed by atoms with van der Waals surface area (Å²) in [5.41, 5.74) is 1.92. The Labute approximate surface area is 111 Å². The lowest BCUT2D eigenvalue weighted by atomic mass is 9.74. The van der Waals surface area contributed by atoms with E-state index in [0.717, 1.165) is 18.4 Å². The molecule has 0 saturated heterocycles. The maximum absolute atomic E-state index is 9.74. The van der Waals surface area contributed by atoms with Gasteiger partial charge in [0.2, 0.25) is 0 Å². The lowest BCUT2D eigenvalue weighted by Gasteiger charge is -2.33. The van der Waals surface area contributed by atoms with Gasteiger partial charge in [-0.1, -0.05) is 50.6 Å². The summed E-state index contributed by atoms with van der Waals surface area (Å²) in [6.07, 6.45) is 1.77. The quantitative estimate of drug-likeness (QED) is 0.843. The monoisotopic (exact) mass is 250 g/mol. The fraction of sp³-hybridized carbons (Fsp3) is 0.625. The third-order valence-electron chi connectivity index (χ3n) is 3.62. The molecular weight excluding hydrogens is 224 g/mol. The van der Waals surface area contributed by atoms with Crippen LogP contribution in [0.3, 0.4) is 0 Å². The Morgan fingerprint density at radius 2 is 1.39 bits per heavy atom. The van der Waals surface area contributed by atoms with Crippen LogP contribution in [0.4, 0.5) is 0 Å². The van der Waals surface area contributed by atoms with Crippen LogP contribution in [0.2, 0.25) is 0 Å². The number of benzene rings is 1. The third-order valence-corrected chi connectivity index (χ3v) is 3.62. The van der Waals surface area contributed by atoms with Gasteiger partial charge in [-0.25, -0.2) is 0 Å². The van der Waals surface area contributed by atoms with Gasteiger partial charge in [-0.15, -0.1) is 0 Å². The molecule has 102 valence electrons. The highest BCUT2D eigenvalue weighted by molar-refractivity contribution is 5.29. The predicted octanol–water partition coefficient (Wildman–Crippen LogP) is 3.04. The Morgan fingerprint density at radius 1 is 0.889 bits per heavy atom. The molecule has 0 radical (unpaired) electrons. The summed E-state index contributed by atoms with van der Waals surface area (Å²) in [5.74, 6) is 0. The molecule has 0 aliphatic carbocycles. The first-order valence-corrected chi connectivity index (χ1v) is 6.62. The number of aryl methyl sites for hydroxylation is 1. The van der Waals surface area contributed by atoms with E-state index in [1.807, 2.05) is 31.2 Å². The Bertz CT molecular complexity index is 356. The van der Waals surface area contributed by atoms with E-state index in [2.05, 4.69) is 20.8 Å². The van der Waals surface area contributed by atoms with E-state index in [-0.39, 0.29) is 18.6 Å². The highest BCUT2D eigenvalue weighted by Gasteiger charge is 2.32. The zero-order valence-corrected chi connectivity index (χ0v) is 12.0. The average molecular weight is 250 g/mol. The first-order chi connectivity index (χ1) is 8.33. The molecule has 0 bridgehead atoms. The predicted molar refractivity (Wildman–Crippen MR) is 75.7 cm³/mol. The molecule has 2 N–H and O–H groups in total. The molecule has 2 nitrogen and oxygen atoms in total. The van der Waals surface area contributed by atoms with Gasteiger partial charge in [0.15, 0.2) is 0 Å². The SMILES string of the molecule is Cc1ccc(C(CO)(CO)CCC(C)(C)C)cc1. The molecule has 1 aromatic carbocycles. The standard InChI is InChI=1S/C16H26O2/c1-13-5-7-14(8-6-13)16(11-17,12-18)10-9-15(2,3)4/h5-8,17-18H,9-12H2,1-4H3. The minimum Gasteiger partial charge on any atom is -0.395 e. The molecule has 0 aliphatic rings. The maximum Gasteiger partial charge on any atom is 0.0550 e. The van der Waals surface area contributed by atoms with Gasteiger partial charge in [-0.2, -0.15) is 0 Å². The lowest BCUT2D eigenvalue weighted by molar-refractivity contribution is 0.0987. The Kier molecular flexibility index (Phi) is 4.94. The molecule has 2 heteroatoms. The van der Waals surface area contributed by atoms with Crippen LogP contribution in [0.5, 0.6) is 0 Å². The normalized spacial score (nSPS) is 12.8. The van der Waals surface area contributed by atoms with Crippen LogP contribution >= 0.6 is 0 Å². The number of rotatable bonds is 5. The average Bonchev–Trinajstić information content (AvgIpc) is 2.32. The molecule has 1 rings (SSSR count). The minimum atomic E-state index is -0.513. The zero-order chi connectivity index (χ0) is 13.8. The van der Waals surface area contributed by atoms with E-state index in [1.54, 1.807) is 0 Å². The summed E-state index contributed by atoms with van der Waals surface area (Å²) < 4.78 is 0. The second-order valence-electron chi connectivity index (χ2n) is 6.52. The first kappa shape index (κ1) is 15.2. The van der Waals surface area contributed by atoms with Gasteiger partial charge in [0, 0.05) is 5.41 Å². The first-order valence-electron chi connectivity index (χ1n) is 6.62. The molecule has 0 atom stereocenters. The van der Waals surface area contributed by atoms with Crippen molar-refractivity contribution < 1.29 is 10.2 Å². The fourth-order valence-electron chi connectivity index (χ4n) is 2.06. The molecule has 18 heavy (non-hydrogen) atoms. The van der Waals surface area contributed by atoms with Gasteiger partial charge in [-0.3, -0.25) is 0 Å². The summed E-state index contributed by atoms with van der Waals surface area (Å²) in [5, 5.41) is 19.5. The van der Waals surface area contributed by atoms with E-state index in [1.165, 1.54) is 5.56 Å². The fourth-order valence-corrected chi connectivity index (χ4v) is 2.06. The Hall–Kier alpha value is -0.860. The third kappa shape index (κ3) is 3.82. The summed E-state index contributed by atoms with van der Waals surface area (Å²) in [4.78, 5) is 0. The van der Waals surface area contributed by atoms with Crippen molar-refractivity contribution in [2.45, 2.75) is 46.0 Å². The van der Waals surface area contributed by atoms with Crippen LogP contribution in [0.15, 0.2) is 24.3 Å². The number of aliphatic hydroxyl groups excluding tert-OH is 2. The summed E-state index contributed by atoms with van der Waals surface area (Å²) in [6.45, 7) is 8.56. The minimum absolute atomic E-state index is 0.0113. The second kappa shape index (κ2) is 5.85. The van der Waals surface area contributed by atoms with Crippen molar-refractivity contribution in [2.75, 3.05) is 13.2 Å². The van der Waals surface area contributed by atoms with E-state index in [4.69, 9.17) is 0 Å². The van der Waals surface area contributed by atoms with Crippen LogP contribution in [0.1, 0.15) is 44.7 Å². The highest BCUT2D eigenvalue weighted by atomic mass is 16.3. The zero-order valence-electron chi connectivity index (χ0n) is 12.0. The second-order valence-corrected chi connectivity index (χ2v) is 6.52. The van der Waals surface area contributed by atoms with Gasteiger partial charge in [0.05, 0.1) is 13.2 Å². The number of aliphatic hydroxyl groups is 2. The highest BCUT2D eigenvalue weighted by Crippen LogP contribution is 2.33. The van der Waals surface area contributed by atoms with Crippen LogP contribution in [0.25, 0.3) is 0 Å². The molecule has 0 unspecified atom stereocenters. The maximum atomic E-state index is 9.74. The smallest absolute Gasteiger partial charge is 0.0550 e. The number of hydrogen-bond donors (Lipinski definition) is 2. The van der Waals surface area contributed by atoms with E-state index >= 15 is 0 Å². The number of hydrogen-bond acceptors (Lipinski definition) is 2. The molecule has 0 amide bonds. The lowest BCUT2D eigenvalue weighted by Crippen LogP contribution is -2.36. The van der Waals surface area contributed by atoms with Gasteiger partial charge in [-0.05, 0) is 30.7 Å². The van der Waals surface area contributed by atoms with Crippen molar-refractivity contribution in [1.82, 2.24) is 0 Å². The van der Waals surface area contributed by atoms with Crippen molar-refractivity contribution >= 4 is 0 Å². The van der Waals surface area contributed by atoms with Crippen molar-refractivity contribution in [3.63, 3.8) is 0 Å². The molecule has 0 fully saturated rings. The van der Waals surface area contributed by atoms with Gasteiger partial charge < -0.3 is 10.2 Å². The van der Waals surface area contributed by atoms with E-state index in [9.17, 15) is 10.2 Å². The summed E-state index contributed by atoms with van der Waals surface area (Å²) in [7, 11) is 0. The van der Waals surface area contributed by atoms with Crippen molar-refractivity contribution in [3.8, 4) is 0 Å². The van der Waals surface area contributed by atoms with Gasteiger partial charge in [0.25, 0.3) is 0 Å². The molecule has 0 aromatic heterocycles. The van der Waals surface area contributed by atoms with Crippen LogP contribution in [-0.4, -0.2) is 23.4 Å². The topological polar surface area (TPSA) is 40.5 Å². The van der Waals surface area contributed by atoms with Gasteiger partial charge in [0.1, 0.15) is 0 Å². The van der Waals surface area contributed by atoms with Crippen LogP contribution < -0.4 is 0 Å². The van der Waals surface area contributed by atoms with Crippen LogP contribution in [-0.2, 0) is 5.41 Å². The Balaban J connectivity index is 2.95. The molecule has 0 heterocycles. The van der Waals surface area contributed by atoms with E-state index in [0.29, 0.717) is 0 Å². The van der Waals surface area contributed by atoms with Crippen molar-refractivity contribution in [1.29, 1.82) is 0 Å². The molecule has 0 aliphatic heterocycles. The summed E-state index contributed by atoms with van der Waals surface area (Å²) in [6, 6.07) is 8.11. The van der Waals surface area contributed by atoms with Crippen LogP contribution in [0, 0.1) is 12.3 Å². The van der Waals surface area contributed by atoms with Crippen molar-refractivity contribution in [3.05, 3.63) is 35.4 Å². The summed E-state index contributed by atoms with van der Waals surface area (Å²) >= 11 is 0. The van der Waals surface area contributed by atoms with E-state index < -0.39 is 5.41 Å². The molecule has 1 aromatic rings. The molecule has 0 spiro atoms. The van der Waals surface area contributed by atoms with Crippen molar-refractivity contribution in [2.24, 2.45) is 5.41 Å². The van der Waals surface area contributed by atoms with Gasteiger partial charge >= 0.3 is 0 Å². The largest absolute Gasteiger partial charge is 0.395 e. The Morgan fingerprint density at radius 3 is 1.78 bits per heavy atom. The molecule has 0 saturated carbocycles.